The van der Waals surface area contributed by atoms with E-state index in [1.54, 1.807) is 17.0 Å². The zero-order chi connectivity index (χ0) is 22.0. The van der Waals surface area contributed by atoms with Gasteiger partial charge >= 0.3 is 5.97 Å². The number of halogens is 2. The third kappa shape index (κ3) is 4.65. The van der Waals surface area contributed by atoms with E-state index in [9.17, 15) is 14.4 Å². The number of hydrogen-bond acceptors (Lipinski definition) is 4. The summed E-state index contributed by atoms with van der Waals surface area (Å²) in [5.74, 6) is -1.88. The van der Waals surface area contributed by atoms with E-state index in [2.05, 4.69) is 5.32 Å². The van der Waals surface area contributed by atoms with Crippen LogP contribution >= 0.6 is 23.2 Å². The highest BCUT2D eigenvalue weighted by Crippen LogP contribution is 2.32. The summed E-state index contributed by atoms with van der Waals surface area (Å²) in [6.45, 7) is -0.252. The summed E-state index contributed by atoms with van der Waals surface area (Å²) < 4.78 is 5.15. The molecule has 158 valence electrons. The van der Waals surface area contributed by atoms with E-state index >= 15 is 0 Å². The number of nitrogens with one attached hydrogen (secondary N) is 1. The smallest absolute Gasteiger partial charge is 0.311 e. The van der Waals surface area contributed by atoms with Crippen LogP contribution in [0.1, 0.15) is 6.42 Å². The molecule has 1 aliphatic heterocycles. The largest absolute Gasteiger partial charge is 0.455 e. The average molecular weight is 457 g/mol. The van der Waals surface area contributed by atoms with Crippen LogP contribution < -0.4 is 10.2 Å². The van der Waals surface area contributed by atoms with Gasteiger partial charge in [-0.15, -0.1) is 0 Å². The summed E-state index contributed by atoms with van der Waals surface area (Å²) >= 11 is 11.8. The van der Waals surface area contributed by atoms with Gasteiger partial charge in [0.2, 0.25) is 5.91 Å². The first kappa shape index (κ1) is 21.2. The Bertz CT molecular complexity index is 1180. The second-order valence-electron chi connectivity index (χ2n) is 7.19. The number of nitrogens with zero attached hydrogens (tertiary/aromatic N) is 1. The lowest BCUT2D eigenvalue weighted by Crippen LogP contribution is -2.28. The normalized spacial score (nSPS) is 15.9. The minimum atomic E-state index is -0.635. The van der Waals surface area contributed by atoms with Crippen molar-refractivity contribution in [2.45, 2.75) is 6.42 Å². The van der Waals surface area contributed by atoms with Gasteiger partial charge < -0.3 is 15.0 Å². The third-order valence-electron chi connectivity index (χ3n) is 5.06. The molecule has 1 fully saturated rings. The predicted molar refractivity (Wildman–Crippen MR) is 120 cm³/mol. The third-order valence-corrected chi connectivity index (χ3v) is 5.80. The van der Waals surface area contributed by atoms with E-state index in [1.165, 1.54) is 6.07 Å². The zero-order valence-corrected chi connectivity index (χ0v) is 17.8. The van der Waals surface area contributed by atoms with Crippen molar-refractivity contribution in [3.63, 3.8) is 0 Å². The van der Waals surface area contributed by atoms with E-state index in [0.29, 0.717) is 15.7 Å². The maximum atomic E-state index is 12.6. The Labute approximate surface area is 188 Å². The monoisotopic (exact) mass is 456 g/mol. The van der Waals surface area contributed by atoms with Crippen LogP contribution in [0.4, 0.5) is 11.4 Å². The highest BCUT2D eigenvalue weighted by Gasteiger charge is 2.36. The Kier molecular flexibility index (Phi) is 6.11. The van der Waals surface area contributed by atoms with Gasteiger partial charge in [-0.2, -0.15) is 0 Å². The second kappa shape index (κ2) is 8.96. The molecule has 0 aromatic heterocycles. The van der Waals surface area contributed by atoms with Crippen molar-refractivity contribution in [1.29, 1.82) is 0 Å². The Balaban J connectivity index is 1.37. The highest BCUT2D eigenvalue weighted by molar-refractivity contribution is 6.42. The van der Waals surface area contributed by atoms with Gasteiger partial charge in [-0.3, -0.25) is 14.4 Å². The molecular formula is C23H18Cl2N2O4. The summed E-state index contributed by atoms with van der Waals surface area (Å²) in [4.78, 5) is 38.7. The van der Waals surface area contributed by atoms with E-state index in [4.69, 9.17) is 27.9 Å². The maximum absolute atomic E-state index is 12.6. The lowest BCUT2D eigenvalue weighted by atomic mass is 10.1. The van der Waals surface area contributed by atoms with Crippen molar-refractivity contribution in [2.24, 2.45) is 5.92 Å². The highest BCUT2D eigenvalue weighted by atomic mass is 35.5. The number of ether oxygens (including phenoxy) is 1. The quantitative estimate of drug-likeness (QED) is 0.565. The van der Waals surface area contributed by atoms with Crippen LogP contribution in [-0.2, 0) is 19.1 Å². The number of carbonyl (C=O) groups excluding carboxylic acids is 3. The minimum Gasteiger partial charge on any atom is -0.455 e. The molecule has 31 heavy (non-hydrogen) atoms. The van der Waals surface area contributed by atoms with Crippen molar-refractivity contribution in [1.82, 2.24) is 0 Å². The topological polar surface area (TPSA) is 75.7 Å². The van der Waals surface area contributed by atoms with Gasteiger partial charge in [0.05, 0.1) is 21.7 Å². The van der Waals surface area contributed by atoms with Crippen LogP contribution in [0.15, 0.2) is 60.7 Å². The van der Waals surface area contributed by atoms with E-state index in [0.717, 1.165) is 16.5 Å². The minimum absolute atomic E-state index is 0.0382. The molecule has 0 bridgehead atoms. The average Bonchev–Trinajstić information content (AvgIpc) is 3.15. The van der Waals surface area contributed by atoms with Crippen molar-refractivity contribution < 1.29 is 19.1 Å². The summed E-state index contributed by atoms with van der Waals surface area (Å²) in [6.07, 6.45) is 0.0382. The summed E-state index contributed by atoms with van der Waals surface area (Å²) in [5.41, 5.74) is 1.20. The summed E-state index contributed by atoms with van der Waals surface area (Å²) in [5, 5.41) is 5.20. The number of carbonyl (C=O) groups is 3. The van der Waals surface area contributed by atoms with Gasteiger partial charge in [0.1, 0.15) is 0 Å². The van der Waals surface area contributed by atoms with Crippen LogP contribution in [0, 0.1) is 5.92 Å². The van der Waals surface area contributed by atoms with Crippen LogP contribution in [0.2, 0.25) is 10.0 Å². The molecule has 4 rings (SSSR count). The molecule has 1 heterocycles. The molecule has 0 unspecified atom stereocenters. The van der Waals surface area contributed by atoms with Crippen LogP contribution in [0.3, 0.4) is 0 Å². The molecule has 0 radical (unpaired) electrons. The Hall–Kier alpha value is -3.09. The van der Waals surface area contributed by atoms with Crippen molar-refractivity contribution in [3.05, 3.63) is 70.7 Å². The van der Waals surface area contributed by atoms with Gasteiger partial charge in [0.25, 0.3) is 5.91 Å². The SMILES string of the molecule is O=C(COC(=O)[C@H]1CC(=O)N(c2cccc3ccccc23)C1)Nc1ccc(Cl)c(Cl)c1. The molecule has 2 amide bonds. The molecule has 6 nitrogen and oxygen atoms in total. The number of fused-ring (bicyclic) bond motifs is 1. The predicted octanol–water partition coefficient (Wildman–Crippen LogP) is 4.68. The molecule has 1 atom stereocenters. The fourth-order valence-electron chi connectivity index (χ4n) is 3.57. The van der Waals surface area contributed by atoms with Crippen LogP contribution in [0.5, 0.6) is 0 Å². The van der Waals surface area contributed by atoms with Crippen LogP contribution in [-0.4, -0.2) is 30.9 Å². The molecule has 3 aromatic rings. The van der Waals surface area contributed by atoms with Crippen molar-refractivity contribution in [3.8, 4) is 0 Å². The molecule has 0 spiro atoms. The fourth-order valence-corrected chi connectivity index (χ4v) is 3.87. The molecule has 3 aromatic carbocycles. The van der Waals surface area contributed by atoms with Gasteiger partial charge in [-0.25, -0.2) is 0 Å². The molecule has 8 heteroatoms. The molecule has 0 aliphatic carbocycles. The lowest BCUT2D eigenvalue weighted by Gasteiger charge is -2.18. The van der Waals surface area contributed by atoms with Crippen molar-refractivity contribution >= 4 is 63.1 Å². The number of amides is 2. The number of esters is 1. The number of benzene rings is 3. The van der Waals surface area contributed by atoms with Gasteiger partial charge in [-0.05, 0) is 29.7 Å². The first-order valence-corrected chi connectivity index (χ1v) is 10.4. The molecule has 1 aliphatic rings. The zero-order valence-electron chi connectivity index (χ0n) is 16.3. The fraction of sp³-hybridized carbons (Fsp3) is 0.174. The van der Waals surface area contributed by atoms with Crippen LogP contribution in [0.25, 0.3) is 10.8 Å². The van der Waals surface area contributed by atoms with Gasteiger partial charge in [0, 0.05) is 24.0 Å². The Morgan fingerprint density at radius 1 is 1.03 bits per heavy atom. The van der Waals surface area contributed by atoms with E-state index in [1.807, 2.05) is 42.5 Å². The summed E-state index contributed by atoms with van der Waals surface area (Å²) in [6, 6.07) is 18.1. The molecule has 1 saturated heterocycles. The van der Waals surface area contributed by atoms with E-state index in [-0.39, 0.29) is 18.9 Å². The van der Waals surface area contributed by atoms with E-state index < -0.39 is 24.4 Å². The first-order valence-electron chi connectivity index (χ1n) is 9.62. The maximum Gasteiger partial charge on any atom is 0.311 e. The summed E-state index contributed by atoms with van der Waals surface area (Å²) in [7, 11) is 0. The Morgan fingerprint density at radius 3 is 2.61 bits per heavy atom. The number of hydrogen-bond donors (Lipinski definition) is 1. The standard InChI is InChI=1S/C23H18Cl2N2O4/c24-18-9-8-16(11-19(18)25)26-21(28)13-31-23(30)15-10-22(29)27(12-15)20-7-3-5-14-4-1-2-6-17(14)20/h1-9,11,15H,10,12-13H2,(H,26,28)/t15-/m0/s1. The van der Waals surface area contributed by atoms with Gasteiger partial charge in [-0.1, -0.05) is 59.6 Å². The second-order valence-corrected chi connectivity index (χ2v) is 8.00. The number of rotatable bonds is 5. The Morgan fingerprint density at radius 2 is 1.81 bits per heavy atom. The lowest BCUT2D eigenvalue weighted by molar-refractivity contribution is -0.151. The number of anilines is 2. The molecule has 1 N–H and O–H groups in total. The molecular weight excluding hydrogens is 439 g/mol. The molecule has 0 saturated carbocycles. The first-order chi connectivity index (χ1) is 14.9. The van der Waals surface area contributed by atoms with Gasteiger partial charge in [0.15, 0.2) is 6.61 Å². The van der Waals surface area contributed by atoms with Crippen molar-refractivity contribution in [2.75, 3.05) is 23.4 Å².